The van der Waals surface area contributed by atoms with Crippen LogP contribution in [-0.4, -0.2) is 68.8 Å². The first-order valence-corrected chi connectivity index (χ1v) is 13.7. The Morgan fingerprint density at radius 3 is 2.84 bits per heavy atom. The second-order valence-corrected chi connectivity index (χ2v) is 10.0. The molecule has 3 unspecified atom stereocenters. The summed E-state index contributed by atoms with van der Waals surface area (Å²) >= 11 is 4.87. The molecule has 2 fully saturated rings. The first-order chi connectivity index (χ1) is 15.1. The van der Waals surface area contributed by atoms with Crippen LogP contribution < -0.4 is 0 Å². The van der Waals surface area contributed by atoms with Gasteiger partial charge in [0.25, 0.3) is 0 Å². The van der Waals surface area contributed by atoms with Gasteiger partial charge in [0.2, 0.25) is 5.90 Å². The molecule has 3 rings (SSSR count). The van der Waals surface area contributed by atoms with E-state index in [4.69, 9.17) is 35.2 Å². The Morgan fingerprint density at radius 1 is 1.23 bits per heavy atom. The van der Waals surface area contributed by atoms with E-state index < -0.39 is 0 Å². The summed E-state index contributed by atoms with van der Waals surface area (Å²) in [6, 6.07) is -0.175. The number of nitrogens with zero attached hydrogens (tertiary/aromatic N) is 1. The zero-order chi connectivity index (χ0) is 22.1. The van der Waals surface area contributed by atoms with Crippen molar-refractivity contribution in [3.63, 3.8) is 0 Å². The molecular formula is C20H30BNO6P2S. The van der Waals surface area contributed by atoms with Crippen molar-refractivity contribution in [1.29, 1.82) is 0 Å². The van der Waals surface area contributed by atoms with Gasteiger partial charge in [-0.15, -0.1) is 0 Å². The van der Waals surface area contributed by atoms with Gasteiger partial charge in [0.15, 0.2) is 0 Å². The van der Waals surface area contributed by atoms with E-state index in [0.717, 1.165) is 19.3 Å². The summed E-state index contributed by atoms with van der Waals surface area (Å²) in [7, 11) is 0.212. The number of Topliss-reactive ketones (excluding diaryl/α,β-unsaturated/α-hetero) is 1. The standard InChI is InChI=1S/C20H30BNO6P2S/c1-3-29-26-12-20-22-18(11-24-20)19-9-14(23)8-17(28-19)10-16-7-13(2)6-15(27-16)4-5-25-21-30-31/h3,15-19,29-30H,1-2,4-12H2/t15-,16+,17-,18?,19+/m0/s1. The Hall–Kier alpha value is -0.525. The molecule has 0 radical (unpaired) electrons. The predicted molar refractivity (Wildman–Crippen MR) is 128 cm³/mol. The molecule has 2 saturated heterocycles. The average molecular weight is 485 g/mol. The number of carbonyl (C=O) groups is 1. The fourth-order valence-electron chi connectivity index (χ4n) is 4.13. The molecule has 0 spiro atoms. The van der Waals surface area contributed by atoms with Gasteiger partial charge < -0.3 is 9.26 Å². The van der Waals surface area contributed by atoms with Crippen LogP contribution in [0.3, 0.4) is 0 Å². The Labute approximate surface area is 192 Å². The van der Waals surface area contributed by atoms with E-state index >= 15 is 0 Å². The van der Waals surface area contributed by atoms with E-state index in [2.05, 4.69) is 18.2 Å². The van der Waals surface area contributed by atoms with Crippen LogP contribution in [0.5, 0.6) is 0 Å². The summed E-state index contributed by atoms with van der Waals surface area (Å²) in [6.45, 7) is 11.1. The Balaban J connectivity index is 1.50. The minimum absolute atomic E-state index is 0.000192. The number of hydrogen-bond acceptors (Lipinski definition) is 8. The van der Waals surface area contributed by atoms with Crippen molar-refractivity contribution >= 4 is 46.0 Å². The molecule has 0 saturated carbocycles. The van der Waals surface area contributed by atoms with Gasteiger partial charge in [0.05, 0.1) is 0 Å². The SMILES string of the molecule is C=CPOCC1=NC([C@H]2CC(=O)C[C@@H](C[C@H]3CC(=C)C[C@H](CCOB=[PH]=S)O3)O2)CO1. The number of carbonyl (C=O) groups excluding carboxylic acids is 1. The molecule has 7 nitrogen and oxygen atoms in total. The molecule has 3 heterocycles. The summed E-state index contributed by atoms with van der Waals surface area (Å²) < 4.78 is 29.0. The first-order valence-electron chi connectivity index (χ1n) is 10.5. The molecule has 0 N–H and O–H groups in total. The molecule has 11 heteroatoms. The van der Waals surface area contributed by atoms with Crippen molar-refractivity contribution in [3.05, 3.63) is 24.5 Å². The van der Waals surface area contributed by atoms with Gasteiger partial charge in [-0.2, -0.15) is 0 Å². The van der Waals surface area contributed by atoms with Crippen LogP contribution in [0.1, 0.15) is 38.5 Å². The Kier molecular flexibility index (Phi) is 10.7. The summed E-state index contributed by atoms with van der Waals surface area (Å²) in [5.74, 6) is 2.47. The molecule has 7 atom stereocenters. The second-order valence-electron chi connectivity index (χ2n) is 7.92. The molecule has 0 bridgehead atoms. The minimum atomic E-state index is -0.267. The number of aliphatic imine (C=N–C) groups is 1. The maximum atomic E-state index is 12.4. The molecule has 0 aromatic rings. The number of hydrogen-bond donors (Lipinski definition) is 0. The predicted octanol–water partition coefficient (Wildman–Crippen LogP) is 3.23. The Morgan fingerprint density at radius 2 is 2.03 bits per heavy atom. The molecule has 0 aliphatic carbocycles. The average Bonchev–Trinajstić information content (AvgIpc) is 3.20. The van der Waals surface area contributed by atoms with Gasteiger partial charge in [0.1, 0.15) is 6.61 Å². The van der Waals surface area contributed by atoms with Crippen LogP contribution >= 0.6 is 15.7 Å². The third kappa shape index (κ3) is 8.40. The molecular weight excluding hydrogens is 455 g/mol. The maximum absolute atomic E-state index is 12.4. The van der Waals surface area contributed by atoms with Crippen LogP contribution in [-0.2, 0) is 40.0 Å². The third-order valence-electron chi connectivity index (χ3n) is 5.41. The fraction of sp³-hybridized carbons (Fsp3) is 0.700. The van der Waals surface area contributed by atoms with Crippen LogP contribution in [0, 0.1) is 0 Å². The van der Waals surface area contributed by atoms with Crippen LogP contribution in [0.4, 0.5) is 0 Å². The van der Waals surface area contributed by atoms with Crippen molar-refractivity contribution in [2.24, 2.45) is 4.99 Å². The van der Waals surface area contributed by atoms with Gasteiger partial charge in [-0.1, -0.05) is 6.58 Å². The summed E-state index contributed by atoms with van der Waals surface area (Å²) in [6.07, 6.45) is 3.53. The quantitative estimate of drug-likeness (QED) is 0.193. The number of ether oxygens (including phenoxy) is 3. The van der Waals surface area contributed by atoms with Crippen LogP contribution in [0.15, 0.2) is 29.5 Å². The smallest absolute Gasteiger partial charge is 0.477 e. The summed E-state index contributed by atoms with van der Waals surface area (Å²) in [4.78, 5) is 17.0. The van der Waals surface area contributed by atoms with E-state index in [9.17, 15) is 4.79 Å². The van der Waals surface area contributed by atoms with E-state index in [0.29, 0.717) is 45.0 Å². The van der Waals surface area contributed by atoms with E-state index in [1.165, 1.54) is 5.57 Å². The van der Waals surface area contributed by atoms with E-state index in [-0.39, 0.29) is 51.9 Å². The third-order valence-corrected chi connectivity index (χ3v) is 6.44. The molecule has 3 aliphatic heterocycles. The van der Waals surface area contributed by atoms with E-state index in [1.54, 1.807) is 12.6 Å². The molecule has 0 amide bonds. The molecule has 0 aromatic heterocycles. The molecule has 170 valence electrons. The topological polar surface area (TPSA) is 75.6 Å². The number of rotatable bonds is 11. The monoisotopic (exact) mass is 485 g/mol. The minimum Gasteiger partial charge on any atom is -0.477 e. The fourth-order valence-corrected chi connectivity index (χ4v) is 4.85. The van der Waals surface area contributed by atoms with Crippen molar-refractivity contribution in [2.75, 3.05) is 19.8 Å². The van der Waals surface area contributed by atoms with Crippen molar-refractivity contribution < 1.29 is 28.2 Å². The van der Waals surface area contributed by atoms with Gasteiger partial charge in [-0.25, -0.2) is 0 Å². The van der Waals surface area contributed by atoms with Gasteiger partial charge in [0, 0.05) is 8.81 Å². The van der Waals surface area contributed by atoms with Gasteiger partial charge >= 0.3 is 150 Å². The second kappa shape index (κ2) is 13.2. The van der Waals surface area contributed by atoms with Gasteiger partial charge in [-0.05, 0) is 5.82 Å². The summed E-state index contributed by atoms with van der Waals surface area (Å²) in [5, 5.41) is 0. The Bertz CT molecular complexity index is 747. The zero-order valence-corrected chi connectivity index (χ0v) is 20.4. The van der Waals surface area contributed by atoms with Crippen molar-refractivity contribution in [1.82, 2.24) is 0 Å². The van der Waals surface area contributed by atoms with Crippen LogP contribution in [0.2, 0.25) is 0 Å². The molecule has 31 heavy (non-hydrogen) atoms. The number of ketones is 1. The van der Waals surface area contributed by atoms with E-state index in [1.807, 2.05) is 0 Å². The molecule has 3 aliphatic rings. The molecule has 0 aromatic carbocycles. The first kappa shape index (κ1) is 25.1. The van der Waals surface area contributed by atoms with Crippen molar-refractivity contribution in [3.8, 4) is 0 Å². The normalized spacial score (nSPS) is 31.6. The van der Waals surface area contributed by atoms with Crippen molar-refractivity contribution in [2.45, 2.75) is 69.0 Å². The zero-order valence-electron chi connectivity index (χ0n) is 17.6. The summed E-state index contributed by atoms with van der Waals surface area (Å²) in [5.41, 5.74) is 1.17. The van der Waals surface area contributed by atoms with Gasteiger partial charge in [-0.3, -0.25) is 0 Å². The van der Waals surface area contributed by atoms with Crippen LogP contribution in [0.25, 0.3) is 0 Å².